The molecule has 0 radical (unpaired) electrons. The summed E-state index contributed by atoms with van der Waals surface area (Å²) in [4.78, 5) is 13.8. The number of rotatable bonds is 1. The zero-order valence-corrected chi connectivity index (χ0v) is 8.30. The minimum absolute atomic E-state index is 0.851. The van der Waals surface area contributed by atoms with Gasteiger partial charge in [0, 0.05) is 17.3 Å². The van der Waals surface area contributed by atoms with Crippen molar-refractivity contribution >= 4 is 11.3 Å². The Morgan fingerprint density at radius 1 is 1.23 bits per heavy atom. The van der Waals surface area contributed by atoms with Gasteiger partial charge in [0.15, 0.2) is 0 Å². The molecule has 2 aromatic heterocycles. The Kier molecular flexibility index (Phi) is 2.06. The lowest BCUT2D eigenvalue weighted by atomic mass is 10.4. The standard InChI is InChI=1S/C9H9N3S/c1-6-7(2)13-9(12-6)8-5-10-3-4-11-8/h3-5H,1-2H3. The summed E-state index contributed by atoms with van der Waals surface area (Å²) in [6, 6.07) is 0. The molecule has 0 N–H and O–H groups in total. The van der Waals surface area contributed by atoms with Crippen LogP contribution in [0.25, 0.3) is 10.7 Å². The van der Waals surface area contributed by atoms with Crippen LogP contribution in [0.3, 0.4) is 0 Å². The van der Waals surface area contributed by atoms with Crippen LogP contribution in [0.1, 0.15) is 10.6 Å². The van der Waals surface area contributed by atoms with Crippen molar-refractivity contribution in [2.24, 2.45) is 0 Å². The number of thiazole rings is 1. The van der Waals surface area contributed by atoms with E-state index < -0.39 is 0 Å². The van der Waals surface area contributed by atoms with E-state index in [0.717, 1.165) is 16.4 Å². The summed E-state index contributed by atoms with van der Waals surface area (Å²) in [5.41, 5.74) is 1.93. The van der Waals surface area contributed by atoms with Gasteiger partial charge in [0.25, 0.3) is 0 Å². The first-order chi connectivity index (χ1) is 6.27. The molecule has 0 saturated carbocycles. The van der Waals surface area contributed by atoms with Crippen molar-refractivity contribution in [2.75, 3.05) is 0 Å². The maximum atomic E-state index is 4.40. The molecule has 0 aliphatic heterocycles. The van der Waals surface area contributed by atoms with Gasteiger partial charge in [-0.25, -0.2) is 4.98 Å². The lowest BCUT2D eigenvalue weighted by molar-refractivity contribution is 1.17. The highest BCUT2D eigenvalue weighted by Gasteiger charge is 2.06. The summed E-state index contributed by atoms with van der Waals surface area (Å²) in [7, 11) is 0. The van der Waals surface area contributed by atoms with Crippen LogP contribution in [-0.4, -0.2) is 15.0 Å². The van der Waals surface area contributed by atoms with E-state index in [0.29, 0.717) is 0 Å². The van der Waals surface area contributed by atoms with Crippen molar-refractivity contribution in [2.45, 2.75) is 13.8 Å². The van der Waals surface area contributed by atoms with Gasteiger partial charge in [-0.15, -0.1) is 11.3 Å². The smallest absolute Gasteiger partial charge is 0.143 e. The molecule has 0 bridgehead atoms. The van der Waals surface area contributed by atoms with Crippen molar-refractivity contribution < 1.29 is 0 Å². The summed E-state index contributed by atoms with van der Waals surface area (Å²) in [5, 5.41) is 0.947. The third-order valence-corrected chi connectivity index (χ3v) is 2.91. The predicted octanol–water partition coefficient (Wildman–Crippen LogP) is 2.22. The van der Waals surface area contributed by atoms with E-state index in [4.69, 9.17) is 0 Å². The zero-order valence-electron chi connectivity index (χ0n) is 7.48. The van der Waals surface area contributed by atoms with Gasteiger partial charge in [0.2, 0.25) is 0 Å². The minimum Gasteiger partial charge on any atom is -0.261 e. The number of hydrogen-bond donors (Lipinski definition) is 0. The second kappa shape index (κ2) is 3.22. The van der Waals surface area contributed by atoms with E-state index in [2.05, 4.69) is 21.9 Å². The highest BCUT2D eigenvalue weighted by Crippen LogP contribution is 2.24. The fourth-order valence-corrected chi connectivity index (χ4v) is 1.87. The molecule has 0 aliphatic carbocycles. The van der Waals surface area contributed by atoms with Crippen LogP contribution in [0.15, 0.2) is 18.6 Å². The van der Waals surface area contributed by atoms with Crippen molar-refractivity contribution in [3.63, 3.8) is 0 Å². The van der Waals surface area contributed by atoms with Crippen molar-refractivity contribution in [3.8, 4) is 10.7 Å². The summed E-state index contributed by atoms with van der Waals surface area (Å²) >= 11 is 1.65. The molecule has 0 aromatic carbocycles. The molecule has 0 spiro atoms. The molecule has 0 aliphatic rings. The van der Waals surface area contributed by atoms with Gasteiger partial charge < -0.3 is 0 Å². The number of aryl methyl sites for hydroxylation is 2. The molecule has 0 unspecified atom stereocenters. The van der Waals surface area contributed by atoms with E-state index in [-0.39, 0.29) is 0 Å². The molecular weight excluding hydrogens is 182 g/mol. The highest BCUT2D eigenvalue weighted by molar-refractivity contribution is 7.15. The predicted molar refractivity (Wildman–Crippen MR) is 52.6 cm³/mol. The average Bonchev–Trinajstić information content (AvgIpc) is 2.49. The molecule has 2 rings (SSSR count). The SMILES string of the molecule is Cc1nc(-c2cnccn2)sc1C. The van der Waals surface area contributed by atoms with Gasteiger partial charge in [-0.1, -0.05) is 0 Å². The molecular formula is C9H9N3S. The first-order valence-corrected chi connectivity index (χ1v) is 4.79. The second-order valence-electron chi connectivity index (χ2n) is 2.75. The maximum absolute atomic E-state index is 4.40. The van der Waals surface area contributed by atoms with Gasteiger partial charge in [-0.2, -0.15) is 0 Å². The number of hydrogen-bond acceptors (Lipinski definition) is 4. The number of aromatic nitrogens is 3. The van der Waals surface area contributed by atoms with Crippen LogP contribution in [0.4, 0.5) is 0 Å². The third kappa shape index (κ3) is 1.58. The van der Waals surface area contributed by atoms with Gasteiger partial charge in [0.05, 0.1) is 11.9 Å². The lowest BCUT2D eigenvalue weighted by Crippen LogP contribution is -1.82. The Hall–Kier alpha value is -1.29. The molecule has 4 heteroatoms. The van der Waals surface area contributed by atoms with Crippen LogP contribution in [0.2, 0.25) is 0 Å². The molecule has 2 aromatic rings. The molecule has 0 fully saturated rings. The highest BCUT2D eigenvalue weighted by atomic mass is 32.1. The van der Waals surface area contributed by atoms with Crippen molar-refractivity contribution in [1.29, 1.82) is 0 Å². The molecule has 0 atom stereocenters. The lowest BCUT2D eigenvalue weighted by Gasteiger charge is -1.90. The first-order valence-electron chi connectivity index (χ1n) is 3.98. The van der Waals surface area contributed by atoms with Crippen molar-refractivity contribution in [3.05, 3.63) is 29.2 Å². The van der Waals surface area contributed by atoms with Crippen LogP contribution in [-0.2, 0) is 0 Å². The Morgan fingerprint density at radius 2 is 2.08 bits per heavy atom. The topological polar surface area (TPSA) is 38.7 Å². The molecule has 0 saturated heterocycles. The summed E-state index contributed by atoms with van der Waals surface area (Å²) in [6.07, 6.45) is 5.08. The van der Waals surface area contributed by atoms with Gasteiger partial charge >= 0.3 is 0 Å². The average molecular weight is 191 g/mol. The summed E-state index contributed by atoms with van der Waals surface area (Å²) in [6.45, 7) is 4.07. The van der Waals surface area contributed by atoms with E-state index in [1.54, 1.807) is 29.9 Å². The molecule has 66 valence electrons. The van der Waals surface area contributed by atoms with E-state index in [1.807, 2.05) is 6.92 Å². The Bertz CT molecular complexity index is 389. The van der Waals surface area contributed by atoms with E-state index >= 15 is 0 Å². The maximum Gasteiger partial charge on any atom is 0.143 e. The van der Waals surface area contributed by atoms with Crippen LogP contribution in [0.5, 0.6) is 0 Å². The van der Waals surface area contributed by atoms with Gasteiger partial charge in [-0.05, 0) is 13.8 Å². The third-order valence-electron chi connectivity index (χ3n) is 1.81. The zero-order chi connectivity index (χ0) is 9.26. The molecule has 0 amide bonds. The van der Waals surface area contributed by atoms with E-state index in [9.17, 15) is 0 Å². The van der Waals surface area contributed by atoms with Crippen molar-refractivity contribution in [1.82, 2.24) is 15.0 Å². The Morgan fingerprint density at radius 3 is 2.62 bits per heavy atom. The van der Waals surface area contributed by atoms with Gasteiger partial charge in [0.1, 0.15) is 10.7 Å². The Balaban J connectivity index is 2.48. The van der Waals surface area contributed by atoms with Crippen LogP contribution < -0.4 is 0 Å². The fourth-order valence-electron chi connectivity index (χ4n) is 0.992. The normalized spacial score (nSPS) is 10.3. The monoisotopic (exact) mass is 191 g/mol. The number of nitrogens with zero attached hydrogens (tertiary/aromatic N) is 3. The van der Waals surface area contributed by atoms with E-state index in [1.165, 1.54) is 4.88 Å². The molecule has 3 nitrogen and oxygen atoms in total. The second-order valence-corrected chi connectivity index (χ2v) is 3.95. The van der Waals surface area contributed by atoms with Gasteiger partial charge in [-0.3, -0.25) is 9.97 Å². The minimum atomic E-state index is 0.851. The van der Waals surface area contributed by atoms with Crippen LogP contribution >= 0.6 is 11.3 Å². The summed E-state index contributed by atoms with van der Waals surface area (Å²) < 4.78 is 0. The quantitative estimate of drug-likeness (QED) is 0.693. The largest absolute Gasteiger partial charge is 0.261 e. The molecule has 2 heterocycles. The first kappa shape index (κ1) is 8.31. The Labute approximate surface area is 80.5 Å². The van der Waals surface area contributed by atoms with Crippen LogP contribution in [0, 0.1) is 13.8 Å². The fraction of sp³-hybridized carbons (Fsp3) is 0.222. The molecule has 13 heavy (non-hydrogen) atoms. The summed E-state index contributed by atoms with van der Waals surface area (Å²) in [5.74, 6) is 0.